The molecule has 1 amide bonds. The smallest absolute Gasteiger partial charge is 0.416 e. The Balaban J connectivity index is 1.39. The zero-order valence-corrected chi connectivity index (χ0v) is 20.8. The van der Waals surface area contributed by atoms with Crippen LogP contribution in [0.3, 0.4) is 0 Å². The lowest BCUT2D eigenvalue weighted by Gasteiger charge is -2.09. The summed E-state index contributed by atoms with van der Waals surface area (Å²) in [5.41, 5.74) is 0.329. The first-order valence-corrected chi connectivity index (χ1v) is 11.5. The van der Waals surface area contributed by atoms with Gasteiger partial charge in [0, 0.05) is 16.8 Å². The van der Waals surface area contributed by atoms with E-state index in [0.29, 0.717) is 22.0 Å². The molecule has 0 unspecified atom stereocenters. The van der Waals surface area contributed by atoms with E-state index < -0.39 is 17.6 Å². The second-order valence-corrected chi connectivity index (χ2v) is 8.98. The number of amides is 1. The largest absolute Gasteiger partial charge is 0.483 e. The lowest BCUT2D eigenvalue weighted by atomic mass is 10.1. The van der Waals surface area contributed by atoms with Gasteiger partial charge in [0.15, 0.2) is 17.3 Å². The molecule has 0 spiro atoms. The number of ether oxygens (including phenoxy) is 1. The van der Waals surface area contributed by atoms with Gasteiger partial charge in [0.25, 0.3) is 5.91 Å². The summed E-state index contributed by atoms with van der Waals surface area (Å²) in [4.78, 5) is 12.6. The fourth-order valence-corrected chi connectivity index (χ4v) is 4.24. The Morgan fingerprint density at radius 3 is 2.50 bits per heavy atom. The fraction of sp³-hybridized carbons (Fsp3) is 0.167. The van der Waals surface area contributed by atoms with Crippen LogP contribution in [0.5, 0.6) is 5.75 Å². The number of alkyl halides is 3. The second kappa shape index (κ2) is 10.5. The van der Waals surface area contributed by atoms with Crippen molar-refractivity contribution in [3.05, 3.63) is 98.0 Å². The summed E-state index contributed by atoms with van der Waals surface area (Å²) in [7, 11) is 0. The third-order valence-electron chi connectivity index (χ3n) is 5.02. The van der Waals surface area contributed by atoms with Gasteiger partial charge in [-0.15, -0.1) is 0 Å². The molecule has 0 aliphatic carbocycles. The van der Waals surface area contributed by atoms with Crippen LogP contribution in [0, 0.1) is 6.92 Å². The summed E-state index contributed by atoms with van der Waals surface area (Å²) in [6, 6.07) is 12.6. The Bertz CT molecular complexity index is 1390. The van der Waals surface area contributed by atoms with E-state index in [0.717, 1.165) is 12.1 Å². The van der Waals surface area contributed by atoms with Crippen LogP contribution in [0.2, 0.25) is 15.1 Å². The molecule has 2 aromatic carbocycles. The third kappa shape index (κ3) is 6.16. The lowest BCUT2D eigenvalue weighted by Crippen LogP contribution is -2.12. The Morgan fingerprint density at radius 1 is 1.08 bits per heavy atom. The van der Waals surface area contributed by atoms with Crippen molar-refractivity contribution in [1.82, 2.24) is 9.78 Å². The topological polar surface area (TPSA) is 69.3 Å². The van der Waals surface area contributed by atoms with Crippen molar-refractivity contribution >= 4 is 46.5 Å². The van der Waals surface area contributed by atoms with E-state index in [2.05, 4.69) is 10.4 Å². The van der Waals surface area contributed by atoms with Gasteiger partial charge in [-0.2, -0.15) is 18.3 Å². The van der Waals surface area contributed by atoms with Crippen LogP contribution in [0.1, 0.15) is 33.1 Å². The molecule has 0 atom stereocenters. The standard InChI is InChI=1S/C24H17Cl3F3N3O3/c1-13-7-21(32-33(13)11-14-3-2-4-15(8-14)24(28,29)30)31-23(34)20-6-5-17(36-20)12-35-22-18(26)9-16(25)10-19(22)27/h2-10H,11-12H2,1H3,(H,31,32,34). The van der Waals surface area contributed by atoms with Crippen molar-refractivity contribution in [2.75, 3.05) is 5.32 Å². The molecule has 12 heteroatoms. The molecule has 4 aromatic rings. The highest BCUT2D eigenvalue weighted by atomic mass is 35.5. The number of anilines is 1. The highest BCUT2D eigenvalue weighted by Crippen LogP contribution is 2.36. The molecule has 188 valence electrons. The molecule has 0 saturated heterocycles. The summed E-state index contributed by atoms with van der Waals surface area (Å²) in [6.07, 6.45) is -4.44. The predicted molar refractivity (Wildman–Crippen MR) is 130 cm³/mol. The van der Waals surface area contributed by atoms with Crippen LogP contribution in [0.15, 0.2) is 59.0 Å². The van der Waals surface area contributed by atoms with E-state index in [1.807, 2.05) is 0 Å². The van der Waals surface area contributed by atoms with Crippen LogP contribution >= 0.6 is 34.8 Å². The molecule has 0 fully saturated rings. The van der Waals surface area contributed by atoms with Gasteiger partial charge >= 0.3 is 6.18 Å². The minimum atomic E-state index is -4.44. The Morgan fingerprint density at radius 2 is 1.81 bits per heavy atom. The number of hydrogen-bond acceptors (Lipinski definition) is 4. The molecular weight excluding hydrogens is 542 g/mol. The summed E-state index contributed by atoms with van der Waals surface area (Å²) in [5.74, 6) is 0.235. The molecule has 1 N–H and O–H groups in total. The molecule has 0 aliphatic heterocycles. The first-order chi connectivity index (χ1) is 17.0. The monoisotopic (exact) mass is 557 g/mol. The molecular formula is C24H17Cl3F3N3O3. The van der Waals surface area contributed by atoms with Crippen molar-refractivity contribution in [2.24, 2.45) is 0 Å². The van der Waals surface area contributed by atoms with Gasteiger partial charge in [0.05, 0.1) is 22.2 Å². The number of furan rings is 1. The number of carbonyl (C=O) groups excluding carboxylic acids is 1. The van der Waals surface area contributed by atoms with Crippen LogP contribution < -0.4 is 10.1 Å². The number of aryl methyl sites for hydroxylation is 1. The first-order valence-electron chi connectivity index (χ1n) is 10.4. The molecule has 0 radical (unpaired) electrons. The summed E-state index contributed by atoms with van der Waals surface area (Å²) in [5, 5.41) is 7.70. The molecule has 36 heavy (non-hydrogen) atoms. The van der Waals surface area contributed by atoms with Crippen molar-refractivity contribution in [2.45, 2.75) is 26.3 Å². The Kier molecular flexibility index (Phi) is 7.54. The van der Waals surface area contributed by atoms with Crippen LogP contribution in [-0.2, 0) is 19.3 Å². The number of halogens is 6. The number of benzene rings is 2. The lowest BCUT2D eigenvalue weighted by molar-refractivity contribution is -0.137. The first kappa shape index (κ1) is 25.9. The van der Waals surface area contributed by atoms with Gasteiger partial charge in [0.2, 0.25) is 0 Å². The van der Waals surface area contributed by atoms with Crippen molar-refractivity contribution in [1.29, 1.82) is 0 Å². The molecule has 6 nitrogen and oxygen atoms in total. The molecule has 0 bridgehead atoms. The summed E-state index contributed by atoms with van der Waals surface area (Å²) >= 11 is 18.1. The van der Waals surface area contributed by atoms with Crippen molar-refractivity contribution in [3.8, 4) is 5.75 Å². The molecule has 2 aromatic heterocycles. The number of carbonyl (C=O) groups is 1. The van der Waals surface area contributed by atoms with Crippen LogP contribution in [0.4, 0.5) is 19.0 Å². The highest BCUT2D eigenvalue weighted by molar-refractivity contribution is 6.40. The summed E-state index contributed by atoms with van der Waals surface area (Å²) in [6.45, 7) is 1.79. The van der Waals surface area contributed by atoms with E-state index in [1.165, 1.54) is 28.9 Å². The zero-order chi connectivity index (χ0) is 26.0. The Hall–Kier alpha value is -3.14. The molecule has 4 rings (SSSR count). The third-order valence-corrected chi connectivity index (χ3v) is 5.80. The number of nitrogens with zero attached hydrogens (tertiary/aromatic N) is 2. The SMILES string of the molecule is Cc1cc(NC(=O)c2ccc(COc3c(Cl)cc(Cl)cc3Cl)o2)nn1Cc1cccc(C(F)(F)F)c1. The number of aromatic nitrogens is 2. The maximum atomic E-state index is 13.0. The minimum Gasteiger partial charge on any atom is -0.483 e. The van der Waals surface area contributed by atoms with Gasteiger partial charge in [-0.05, 0) is 48.9 Å². The maximum Gasteiger partial charge on any atom is 0.416 e. The normalized spacial score (nSPS) is 11.5. The van der Waals surface area contributed by atoms with Gasteiger partial charge in [-0.3, -0.25) is 9.48 Å². The van der Waals surface area contributed by atoms with Crippen molar-refractivity contribution in [3.63, 3.8) is 0 Å². The average Bonchev–Trinajstić information content (AvgIpc) is 3.39. The van der Waals surface area contributed by atoms with E-state index in [4.69, 9.17) is 44.0 Å². The molecule has 0 saturated carbocycles. The van der Waals surface area contributed by atoms with Crippen LogP contribution in [0.25, 0.3) is 0 Å². The summed E-state index contributed by atoms with van der Waals surface area (Å²) < 4.78 is 51.5. The van der Waals surface area contributed by atoms with Crippen LogP contribution in [-0.4, -0.2) is 15.7 Å². The van der Waals surface area contributed by atoms with Gasteiger partial charge in [-0.25, -0.2) is 0 Å². The van der Waals surface area contributed by atoms with E-state index in [9.17, 15) is 18.0 Å². The quantitative estimate of drug-likeness (QED) is 0.253. The van der Waals surface area contributed by atoms with Gasteiger partial charge in [0.1, 0.15) is 12.4 Å². The van der Waals surface area contributed by atoms with E-state index >= 15 is 0 Å². The molecule has 0 aliphatic rings. The van der Waals surface area contributed by atoms with Crippen molar-refractivity contribution < 1.29 is 27.1 Å². The van der Waals surface area contributed by atoms with Gasteiger partial charge in [-0.1, -0.05) is 46.9 Å². The van der Waals surface area contributed by atoms with E-state index in [-0.39, 0.29) is 40.5 Å². The fourth-order valence-electron chi connectivity index (χ4n) is 3.32. The zero-order valence-electron chi connectivity index (χ0n) is 18.5. The minimum absolute atomic E-state index is 0.00646. The second-order valence-electron chi connectivity index (χ2n) is 7.73. The highest BCUT2D eigenvalue weighted by Gasteiger charge is 2.30. The Labute approximate surface area is 218 Å². The average molecular weight is 559 g/mol. The number of nitrogens with one attached hydrogen (secondary N) is 1. The number of rotatable bonds is 7. The van der Waals surface area contributed by atoms with Gasteiger partial charge < -0.3 is 14.5 Å². The number of hydrogen-bond donors (Lipinski definition) is 1. The maximum absolute atomic E-state index is 13.0. The predicted octanol–water partition coefficient (Wildman–Crippen LogP) is 7.64. The van der Waals surface area contributed by atoms with E-state index in [1.54, 1.807) is 25.1 Å². The molecule has 2 heterocycles.